The van der Waals surface area contributed by atoms with E-state index in [4.69, 9.17) is 0 Å². The van der Waals surface area contributed by atoms with Crippen molar-refractivity contribution in [1.29, 1.82) is 0 Å². The monoisotopic (exact) mass is 446 g/mol. The Balaban J connectivity index is 1.50. The lowest BCUT2D eigenvalue weighted by Gasteiger charge is -2.11. The lowest BCUT2D eigenvalue weighted by Crippen LogP contribution is -2.29. The zero-order valence-electron chi connectivity index (χ0n) is 17.3. The number of halogens is 3. The lowest BCUT2D eigenvalue weighted by atomic mass is 10.2. The number of nitrogens with one attached hydrogen (secondary N) is 3. The highest BCUT2D eigenvalue weighted by atomic mass is 19.4. The number of aryl methyl sites for hydroxylation is 2. The number of rotatable bonds is 8. The number of benzene rings is 1. The van der Waals surface area contributed by atoms with Gasteiger partial charge < -0.3 is 20.7 Å². The molecule has 0 spiro atoms. The first-order valence-corrected chi connectivity index (χ1v) is 9.61. The van der Waals surface area contributed by atoms with Crippen LogP contribution in [-0.2, 0) is 0 Å². The highest BCUT2D eigenvalue weighted by Gasteiger charge is 2.31. The number of aromatic nitrogens is 3. The Labute approximate surface area is 182 Å². The third-order valence-corrected chi connectivity index (χ3v) is 4.08. The van der Waals surface area contributed by atoms with Crippen molar-refractivity contribution in [2.24, 2.45) is 0 Å². The van der Waals surface area contributed by atoms with Gasteiger partial charge in [-0.2, -0.15) is 0 Å². The van der Waals surface area contributed by atoms with Crippen LogP contribution in [0.1, 0.15) is 21.7 Å². The maximum atomic E-state index is 12.2. The Hall–Kier alpha value is -3.89. The summed E-state index contributed by atoms with van der Waals surface area (Å²) in [5.41, 5.74) is 1.28. The van der Waals surface area contributed by atoms with E-state index in [9.17, 15) is 18.0 Å². The molecule has 0 aliphatic heterocycles. The molecule has 3 aromatic rings. The zero-order chi connectivity index (χ0) is 23.1. The number of amides is 1. The molecule has 0 saturated carbocycles. The molecule has 2 heterocycles. The minimum absolute atomic E-state index is 0.217. The average molecular weight is 446 g/mol. The van der Waals surface area contributed by atoms with Gasteiger partial charge in [-0.05, 0) is 55.8 Å². The van der Waals surface area contributed by atoms with Crippen LogP contribution in [0.3, 0.4) is 0 Å². The van der Waals surface area contributed by atoms with Crippen LogP contribution in [0, 0.1) is 13.8 Å². The van der Waals surface area contributed by atoms with Crippen molar-refractivity contribution in [3.05, 3.63) is 65.6 Å². The maximum absolute atomic E-state index is 12.2. The van der Waals surface area contributed by atoms with Crippen LogP contribution >= 0.6 is 0 Å². The number of hydrogen-bond donors (Lipinski definition) is 3. The lowest BCUT2D eigenvalue weighted by molar-refractivity contribution is -0.274. The fourth-order valence-electron chi connectivity index (χ4n) is 2.73. The van der Waals surface area contributed by atoms with Gasteiger partial charge >= 0.3 is 6.36 Å². The van der Waals surface area contributed by atoms with Gasteiger partial charge in [-0.3, -0.25) is 4.79 Å². The van der Waals surface area contributed by atoms with Crippen LogP contribution in [0.5, 0.6) is 5.75 Å². The minimum atomic E-state index is -4.78. The van der Waals surface area contributed by atoms with E-state index in [0.717, 1.165) is 17.7 Å². The molecule has 32 heavy (non-hydrogen) atoms. The van der Waals surface area contributed by atoms with Gasteiger partial charge in [0.25, 0.3) is 5.91 Å². The van der Waals surface area contributed by atoms with Gasteiger partial charge in [-0.25, -0.2) is 15.0 Å². The van der Waals surface area contributed by atoms with Crippen molar-refractivity contribution in [3.8, 4) is 5.75 Å². The molecule has 8 nitrogen and oxygen atoms in total. The Morgan fingerprint density at radius 2 is 1.69 bits per heavy atom. The van der Waals surface area contributed by atoms with E-state index in [1.54, 1.807) is 19.2 Å². The highest BCUT2D eigenvalue weighted by Crippen LogP contribution is 2.22. The molecule has 0 fully saturated rings. The fourth-order valence-corrected chi connectivity index (χ4v) is 2.73. The molecule has 11 heteroatoms. The van der Waals surface area contributed by atoms with Crippen molar-refractivity contribution in [2.45, 2.75) is 20.2 Å². The summed E-state index contributed by atoms with van der Waals surface area (Å²) in [5.74, 6) is 1.54. The first-order valence-electron chi connectivity index (χ1n) is 9.61. The second-order valence-corrected chi connectivity index (χ2v) is 6.78. The summed E-state index contributed by atoms with van der Waals surface area (Å²) in [6.45, 7) is 4.36. The topological polar surface area (TPSA) is 101 Å². The number of carbonyl (C=O) groups is 1. The number of anilines is 3. The smallest absolute Gasteiger partial charge is 0.406 e. The van der Waals surface area contributed by atoms with Crippen molar-refractivity contribution < 1.29 is 22.7 Å². The number of nitrogens with zero attached hydrogens (tertiary/aromatic N) is 3. The Kier molecular flexibility index (Phi) is 7.08. The molecule has 2 aromatic heterocycles. The molecular formula is C21H21F3N6O2. The minimum Gasteiger partial charge on any atom is -0.406 e. The fraction of sp³-hybridized carbons (Fsp3) is 0.238. The molecule has 0 saturated heterocycles. The van der Waals surface area contributed by atoms with Gasteiger partial charge in [0.1, 0.15) is 29.0 Å². The first kappa shape index (κ1) is 22.8. The predicted molar refractivity (Wildman–Crippen MR) is 113 cm³/mol. The van der Waals surface area contributed by atoms with Crippen LogP contribution in [-0.4, -0.2) is 40.3 Å². The number of pyridine rings is 1. The van der Waals surface area contributed by atoms with Crippen LogP contribution in [0.15, 0.2) is 48.7 Å². The Morgan fingerprint density at radius 1 is 0.969 bits per heavy atom. The molecule has 3 rings (SSSR count). The third kappa shape index (κ3) is 7.11. The third-order valence-electron chi connectivity index (χ3n) is 4.08. The van der Waals surface area contributed by atoms with Crippen molar-refractivity contribution >= 4 is 23.4 Å². The normalized spacial score (nSPS) is 11.0. The first-order chi connectivity index (χ1) is 15.2. The van der Waals surface area contributed by atoms with E-state index >= 15 is 0 Å². The van der Waals surface area contributed by atoms with Gasteiger partial charge in [-0.15, -0.1) is 13.2 Å². The predicted octanol–water partition coefficient (Wildman–Crippen LogP) is 3.97. The Morgan fingerprint density at radius 3 is 2.38 bits per heavy atom. The van der Waals surface area contributed by atoms with Crippen molar-refractivity contribution in [2.75, 3.05) is 23.7 Å². The molecule has 0 atom stereocenters. The van der Waals surface area contributed by atoms with E-state index in [-0.39, 0.29) is 17.9 Å². The van der Waals surface area contributed by atoms with Crippen LogP contribution in [0.2, 0.25) is 0 Å². The largest absolute Gasteiger partial charge is 0.573 e. The van der Waals surface area contributed by atoms with Crippen LogP contribution in [0.4, 0.5) is 30.6 Å². The second-order valence-electron chi connectivity index (χ2n) is 6.78. The molecule has 3 N–H and O–H groups in total. The van der Waals surface area contributed by atoms with Gasteiger partial charge in [0.05, 0.1) is 0 Å². The second kappa shape index (κ2) is 9.94. The Bertz CT molecular complexity index is 1070. The number of ether oxygens (including phenoxy) is 1. The highest BCUT2D eigenvalue weighted by molar-refractivity contribution is 5.94. The zero-order valence-corrected chi connectivity index (χ0v) is 17.3. The quantitative estimate of drug-likeness (QED) is 0.450. The summed E-state index contributed by atoms with van der Waals surface area (Å²) >= 11 is 0. The van der Waals surface area contributed by atoms with Crippen molar-refractivity contribution in [1.82, 2.24) is 20.3 Å². The molecule has 0 radical (unpaired) electrons. The molecule has 1 aromatic carbocycles. The summed E-state index contributed by atoms with van der Waals surface area (Å²) in [5, 5.41) is 8.89. The van der Waals surface area contributed by atoms with E-state index < -0.39 is 12.3 Å². The molecule has 0 aliphatic rings. The molecule has 1 amide bonds. The summed E-state index contributed by atoms with van der Waals surface area (Å²) in [6, 6.07) is 10.2. The van der Waals surface area contributed by atoms with Gasteiger partial charge in [0.2, 0.25) is 0 Å². The van der Waals surface area contributed by atoms with Gasteiger partial charge in [-0.1, -0.05) is 0 Å². The summed E-state index contributed by atoms with van der Waals surface area (Å²) in [4.78, 5) is 25.0. The van der Waals surface area contributed by atoms with E-state index in [2.05, 4.69) is 35.6 Å². The molecule has 0 unspecified atom stereocenters. The summed E-state index contributed by atoms with van der Waals surface area (Å²) in [6.07, 6.45) is -3.08. The van der Waals surface area contributed by atoms with Gasteiger partial charge in [0.15, 0.2) is 0 Å². The van der Waals surface area contributed by atoms with E-state index in [1.165, 1.54) is 12.1 Å². The average Bonchev–Trinajstić information content (AvgIpc) is 2.70. The molecular weight excluding hydrogens is 425 g/mol. The van der Waals surface area contributed by atoms with Gasteiger partial charge in [0, 0.05) is 30.9 Å². The molecule has 0 bridgehead atoms. The van der Waals surface area contributed by atoms with Crippen molar-refractivity contribution in [3.63, 3.8) is 0 Å². The molecule has 168 valence electrons. The SMILES string of the molecule is Cc1ccnc(Nc2cc(NCCNC(=O)c3ccc(OC(F)(F)F)cc3)nc(C)n2)c1. The van der Waals surface area contributed by atoms with E-state index in [1.807, 2.05) is 19.1 Å². The number of alkyl halides is 3. The summed E-state index contributed by atoms with van der Waals surface area (Å²) < 4.78 is 40.4. The standard InChI is InChI=1S/C21H21F3N6O2/c1-13-7-8-25-17(11-13)30-19-12-18(28-14(2)29-19)26-9-10-27-20(31)15-3-5-16(6-4-15)32-21(22,23)24/h3-8,11-12H,9-10H2,1-2H3,(H,27,31)(H2,25,26,28,29,30). The molecule has 0 aliphatic carbocycles. The van der Waals surface area contributed by atoms with Crippen LogP contribution in [0.25, 0.3) is 0 Å². The van der Waals surface area contributed by atoms with Crippen LogP contribution < -0.4 is 20.7 Å². The number of hydrogen-bond acceptors (Lipinski definition) is 7. The maximum Gasteiger partial charge on any atom is 0.573 e. The number of carbonyl (C=O) groups excluding carboxylic acids is 1. The van der Waals surface area contributed by atoms with E-state index in [0.29, 0.717) is 29.8 Å². The summed E-state index contributed by atoms with van der Waals surface area (Å²) in [7, 11) is 0.